The first kappa shape index (κ1) is 14.3. The molecular weight excluding hydrogens is 178 g/mol. The SMILES string of the molecule is CC1CCC(N)CC1.Cl.O=CO. The maximum absolute atomic E-state index is 8.36. The second-order valence-corrected chi connectivity index (χ2v) is 3.13. The van der Waals surface area contributed by atoms with Gasteiger partial charge in [-0.3, -0.25) is 4.79 Å². The van der Waals surface area contributed by atoms with Crippen LogP contribution in [-0.4, -0.2) is 17.6 Å². The molecule has 0 heterocycles. The van der Waals surface area contributed by atoms with Crippen molar-refractivity contribution >= 4 is 18.9 Å². The Balaban J connectivity index is 0. The van der Waals surface area contributed by atoms with E-state index >= 15 is 0 Å². The highest BCUT2D eigenvalue weighted by Crippen LogP contribution is 2.21. The van der Waals surface area contributed by atoms with Crippen molar-refractivity contribution in [3.05, 3.63) is 0 Å². The van der Waals surface area contributed by atoms with Crippen molar-refractivity contribution in [1.82, 2.24) is 0 Å². The molecule has 0 spiro atoms. The molecule has 74 valence electrons. The molecule has 0 aromatic heterocycles. The van der Waals surface area contributed by atoms with Gasteiger partial charge in [-0.05, 0) is 31.6 Å². The summed E-state index contributed by atoms with van der Waals surface area (Å²) < 4.78 is 0. The minimum Gasteiger partial charge on any atom is -0.483 e. The van der Waals surface area contributed by atoms with Gasteiger partial charge in [-0.2, -0.15) is 0 Å². The maximum Gasteiger partial charge on any atom is 0.290 e. The molecule has 1 rings (SSSR count). The first-order valence-corrected chi connectivity index (χ1v) is 4.04. The fourth-order valence-corrected chi connectivity index (χ4v) is 1.29. The van der Waals surface area contributed by atoms with E-state index in [4.69, 9.17) is 15.6 Å². The summed E-state index contributed by atoms with van der Waals surface area (Å²) in [5, 5.41) is 6.89. The van der Waals surface area contributed by atoms with Crippen LogP contribution in [0.25, 0.3) is 0 Å². The van der Waals surface area contributed by atoms with Crippen LogP contribution < -0.4 is 5.73 Å². The van der Waals surface area contributed by atoms with Gasteiger partial charge in [-0.15, -0.1) is 12.4 Å². The number of carbonyl (C=O) groups is 1. The Kier molecular flexibility index (Phi) is 10.5. The maximum atomic E-state index is 8.36. The molecule has 1 fully saturated rings. The molecule has 0 aliphatic heterocycles. The van der Waals surface area contributed by atoms with Crippen molar-refractivity contribution < 1.29 is 9.90 Å². The van der Waals surface area contributed by atoms with Crippen molar-refractivity contribution in [1.29, 1.82) is 0 Å². The number of carboxylic acid groups (broad SMARTS) is 1. The van der Waals surface area contributed by atoms with Crippen LogP contribution in [0.15, 0.2) is 0 Å². The van der Waals surface area contributed by atoms with E-state index in [1.165, 1.54) is 25.7 Å². The largest absolute Gasteiger partial charge is 0.483 e. The van der Waals surface area contributed by atoms with Crippen LogP contribution in [-0.2, 0) is 4.79 Å². The molecule has 3 nitrogen and oxygen atoms in total. The lowest BCUT2D eigenvalue weighted by atomic mass is 9.88. The smallest absolute Gasteiger partial charge is 0.290 e. The number of hydrogen-bond donors (Lipinski definition) is 2. The molecule has 0 aromatic rings. The van der Waals surface area contributed by atoms with E-state index in [1.54, 1.807) is 0 Å². The number of hydrogen-bond acceptors (Lipinski definition) is 2. The van der Waals surface area contributed by atoms with E-state index in [1.807, 2.05) is 0 Å². The molecule has 0 bridgehead atoms. The molecule has 0 atom stereocenters. The summed E-state index contributed by atoms with van der Waals surface area (Å²) in [4.78, 5) is 8.36. The van der Waals surface area contributed by atoms with Crippen LogP contribution in [0.4, 0.5) is 0 Å². The predicted octanol–water partition coefficient (Wildman–Crippen LogP) is 1.65. The molecule has 0 saturated heterocycles. The highest BCUT2D eigenvalue weighted by atomic mass is 35.5. The van der Waals surface area contributed by atoms with Crippen molar-refractivity contribution in [2.24, 2.45) is 11.7 Å². The normalized spacial score (nSPS) is 27.5. The van der Waals surface area contributed by atoms with Gasteiger partial charge in [0.15, 0.2) is 0 Å². The fraction of sp³-hybridized carbons (Fsp3) is 0.875. The Labute approximate surface area is 79.7 Å². The second-order valence-electron chi connectivity index (χ2n) is 3.13. The van der Waals surface area contributed by atoms with Crippen LogP contribution in [0.3, 0.4) is 0 Å². The summed E-state index contributed by atoms with van der Waals surface area (Å²) >= 11 is 0. The van der Waals surface area contributed by atoms with E-state index in [-0.39, 0.29) is 18.9 Å². The second kappa shape index (κ2) is 8.81. The quantitative estimate of drug-likeness (QED) is 0.578. The molecule has 1 aliphatic carbocycles. The number of halogens is 1. The van der Waals surface area contributed by atoms with Crippen LogP contribution >= 0.6 is 12.4 Å². The minimum absolute atomic E-state index is 0. The third kappa shape index (κ3) is 7.82. The summed E-state index contributed by atoms with van der Waals surface area (Å²) in [7, 11) is 0. The molecule has 12 heavy (non-hydrogen) atoms. The van der Waals surface area contributed by atoms with E-state index in [0.717, 1.165) is 5.92 Å². The van der Waals surface area contributed by atoms with E-state index in [9.17, 15) is 0 Å². The Morgan fingerprint density at radius 2 is 1.67 bits per heavy atom. The summed E-state index contributed by atoms with van der Waals surface area (Å²) in [6.07, 6.45) is 5.20. The molecule has 0 aromatic carbocycles. The lowest BCUT2D eigenvalue weighted by molar-refractivity contribution is -0.122. The van der Waals surface area contributed by atoms with Crippen molar-refractivity contribution in [2.75, 3.05) is 0 Å². The van der Waals surface area contributed by atoms with Gasteiger partial charge < -0.3 is 10.8 Å². The summed E-state index contributed by atoms with van der Waals surface area (Å²) in [5.74, 6) is 0.940. The van der Waals surface area contributed by atoms with Gasteiger partial charge in [0.1, 0.15) is 0 Å². The monoisotopic (exact) mass is 195 g/mol. The lowest BCUT2D eigenvalue weighted by Crippen LogP contribution is -2.25. The van der Waals surface area contributed by atoms with Gasteiger partial charge in [0, 0.05) is 6.04 Å². The van der Waals surface area contributed by atoms with Gasteiger partial charge in [0.05, 0.1) is 0 Å². The minimum atomic E-state index is -0.250. The molecule has 4 heteroatoms. The summed E-state index contributed by atoms with van der Waals surface area (Å²) in [5.41, 5.74) is 5.70. The molecule has 0 amide bonds. The topological polar surface area (TPSA) is 63.3 Å². The van der Waals surface area contributed by atoms with Crippen LogP contribution in [0.1, 0.15) is 32.6 Å². The van der Waals surface area contributed by atoms with E-state index < -0.39 is 0 Å². The zero-order valence-electron chi connectivity index (χ0n) is 7.40. The van der Waals surface area contributed by atoms with Gasteiger partial charge in [0.2, 0.25) is 0 Å². The standard InChI is InChI=1S/C7H15N.CH2O2.ClH/c1-6-2-4-7(8)5-3-6;2-1-3;/h6-7H,2-5,8H2,1H3;1H,(H,2,3);1H. The zero-order valence-corrected chi connectivity index (χ0v) is 8.22. The summed E-state index contributed by atoms with van der Waals surface area (Å²) in [6.45, 7) is 2.06. The van der Waals surface area contributed by atoms with Crippen molar-refractivity contribution in [3.8, 4) is 0 Å². The van der Waals surface area contributed by atoms with Gasteiger partial charge in [-0.1, -0.05) is 6.92 Å². The average Bonchev–Trinajstić information content (AvgIpc) is 1.97. The fourth-order valence-electron chi connectivity index (χ4n) is 1.29. The molecule has 1 aliphatic rings. The highest BCUT2D eigenvalue weighted by Gasteiger charge is 2.13. The Bertz CT molecular complexity index is 93.2. The molecule has 0 unspecified atom stereocenters. The predicted molar refractivity (Wildman–Crippen MR) is 51.5 cm³/mol. The molecular formula is C8H18ClNO2. The van der Waals surface area contributed by atoms with E-state index in [2.05, 4.69) is 6.92 Å². The van der Waals surface area contributed by atoms with Crippen LogP contribution in [0, 0.1) is 5.92 Å². The Morgan fingerprint density at radius 3 is 1.92 bits per heavy atom. The third-order valence-corrected chi connectivity index (χ3v) is 2.06. The van der Waals surface area contributed by atoms with Gasteiger partial charge in [-0.25, -0.2) is 0 Å². The average molecular weight is 196 g/mol. The van der Waals surface area contributed by atoms with E-state index in [0.29, 0.717) is 6.04 Å². The van der Waals surface area contributed by atoms with Gasteiger partial charge >= 0.3 is 0 Å². The molecule has 3 N–H and O–H groups in total. The Morgan fingerprint density at radius 1 is 1.33 bits per heavy atom. The van der Waals surface area contributed by atoms with Crippen molar-refractivity contribution in [3.63, 3.8) is 0 Å². The van der Waals surface area contributed by atoms with Crippen LogP contribution in [0.5, 0.6) is 0 Å². The third-order valence-electron chi connectivity index (χ3n) is 2.06. The number of rotatable bonds is 0. The first-order chi connectivity index (χ1) is 5.20. The zero-order chi connectivity index (χ0) is 8.69. The first-order valence-electron chi connectivity index (χ1n) is 4.04. The lowest BCUT2D eigenvalue weighted by Gasteiger charge is -2.22. The number of nitrogens with two attached hydrogens (primary N) is 1. The van der Waals surface area contributed by atoms with Gasteiger partial charge in [0.25, 0.3) is 6.47 Å². The molecule has 0 radical (unpaired) electrons. The highest BCUT2D eigenvalue weighted by molar-refractivity contribution is 5.85. The molecule has 1 saturated carbocycles. The van der Waals surface area contributed by atoms with Crippen LogP contribution in [0.2, 0.25) is 0 Å². The Hall–Kier alpha value is -0.280. The van der Waals surface area contributed by atoms with Crippen molar-refractivity contribution in [2.45, 2.75) is 38.6 Å². The summed E-state index contributed by atoms with van der Waals surface area (Å²) in [6, 6.07) is 0.520.